The Morgan fingerprint density at radius 2 is 2.10 bits per heavy atom. The van der Waals surface area contributed by atoms with Crippen molar-refractivity contribution in [3.05, 3.63) is 41.1 Å². The molecule has 2 aromatic heterocycles. The van der Waals surface area contributed by atoms with E-state index in [0.29, 0.717) is 0 Å². The second-order valence-corrected chi connectivity index (χ2v) is 7.96. The van der Waals surface area contributed by atoms with Gasteiger partial charge in [0.05, 0.1) is 31.7 Å². The molecule has 1 fully saturated rings. The van der Waals surface area contributed by atoms with E-state index in [0.717, 1.165) is 76.2 Å². The summed E-state index contributed by atoms with van der Waals surface area (Å²) < 4.78 is 12.8. The third-order valence-corrected chi connectivity index (χ3v) is 5.59. The van der Waals surface area contributed by atoms with Crippen LogP contribution in [0.4, 0.5) is 0 Å². The van der Waals surface area contributed by atoms with Crippen LogP contribution < -0.4 is 10.6 Å². The van der Waals surface area contributed by atoms with E-state index in [1.165, 1.54) is 11.3 Å². The summed E-state index contributed by atoms with van der Waals surface area (Å²) in [5, 5.41) is 11.6. The molecule has 30 heavy (non-hydrogen) atoms. The van der Waals surface area contributed by atoms with Crippen molar-refractivity contribution in [1.82, 2.24) is 25.3 Å². The van der Waals surface area contributed by atoms with E-state index in [4.69, 9.17) is 14.1 Å². The largest absolute Gasteiger partial charge is 0.469 e. The van der Waals surface area contributed by atoms with Crippen LogP contribution in [0.1, 0.15) is 29.6 Å². The van der Waals surface area contributed by atoms with E-state index in [1.54, 1.807) is 6.26 Å². The Bertz CT molecular complexity index is 793. The van der Waals surface area contributed by atoms with E-state index in [2.05, 4.69) is 41.4 Å². The summed E-state index contributed by atoms with van der Waals surface area (Å²) in [6.07, 6.45) is 3.45. The van der Waals surface area contributed by atoms with Crippen molar-refractivity contribution in [3.8, 4) is 0 Å². The second-order valence-electron chi connectivity index (χ2n) is 7.96. The molecule has 166 valence electrons. The highest BCUT2D eigenvalue weighted by Crippen LogP contribution is 2.14. The molecular weight excluding hydrogens is 380 g/mol. The SMILES string of the molecule is Cc1nn(C)c(C)c1CC(C)NC(=NCCN1CCOCC1)NCCc1ccco1. The Morgan fingerprint density at radius 1 is 1.30 bits per heavy atom. The number of aromatic nitrogens is 2. The topological polar surface area (TPSA) is 79.9 Å². The molecule has 1 aliphatic heterocycles. The summed E-state index contributed by atoms with van der Waals surface area (Å²) in [5.74, 6) is 1.83. The minimum Gasteiger partial charge on any atom is -0.469 e. The Hall–Kier alpha value is -2.32. The van der Waals surface area contributed by atoms with Crippen LogP contribution >= 0.6 is 0 Å². The molecule has 1 aliphatic rings. The van der Waals surface area contributed by atoms with Crippen LogP contribution in [0.5, 0.6) is 0 Å². The standard InChI is InChI=1S/C22H36N6O2/c1-17(16-21-18(2)26-27(4)19(21)3)25-22(23-8-7-20-6-5-13-30-20)24-9-10-28-11-14-29-15-12-28/h5-6,13,17H,7-12,14-16H2,1-4H3,(H2,23,24,25). The molecule has 8 heteroatoms. The van der Waals surface area contributed by atoms with Gasteiger partial charge < -0.3 is 19.8 Å². The fourth-order valence-corrected chi connectivity index (χ4v) is 3.74. The minimum atomic E-state index is 0.241. The van der Waals surface area contributed by atoms with Crippen LogP contribution in [0, 0.1) is 13.8 Å². The molecule has 3 heterocycles. The predicted molar refractivity (Wildman–Crippen MR) is 119 cm³/mol. The summed E-state index contributed by atoms with van der Waals surface area (Å²) >= 11 is 0. The quantitative estimate of drug-likeness (QED) is 0.478. The zero-order valence-corrected chi connectivity index (χ0v) is 18.8. The molecule has 1 unspecified atom stereocenters. The van der Waals surface area contributed by atoms with Gasteiger partial charge in [0.1, 0.15) is 5.76 Å². The molecule has 1 saturated heterocycles. The van der Waals surface area contributed by atoms with Gasteiger partial charge in [-0.3, -0.25) is 14.6 Å². The molecule has 0 amide bonds. The summed E-state index contributed by atoms with van der Waals surface area (Å²) in [6, 6.07) is 4.16. The van der Waals surface area contributed by atoms with Gasteiger partial charge in [-0.2, -0.15) is 5.10 Å². The lowest BCUT2D eigenvalue weighted by molar-refractivity contribution is 0.0394. The molecule has 2 N–H and O–H groups in total. The first-order valence-electron chi connectivity index (χ1n) is 10.9. The Morgan fingerprint density at radius 3 is 2.77 bits per heavy atom. The number of aliphatic imine (C=N–C) groups is 1. The summed E-state index contributed by atoms with van der Waals surface area (Å²) in [5.41, 5.74) is 3.62. The van der Waals surface area contributed by atoms with Gasteiger partial charge in [0.15, 0.2) is 5.96 Å². The molecule has 0 aliphatic carbocycles. The first-order chi connectivity index (χ1) is 14.5. The van der Waals surface area contributed by atoms with Crippen LogP contribution in [0.25, 0.3) is 0 Å². The van der Waals surface area contributed by atoms with Crippen LogP contribution in [-0.4, -0.2) is 72.6 Å². The number of hydrogen-bond acceptors (Lipinski definition) is 5. The molecule has 0 saturated carbocycles. The van der Waals surface area contributed by atoms with Gasteiger partial charge in [-0.25, -0.2) is 0 Å². The van der Waals surface area contributed by atoms with Crippen LogP contribution in [0.15, 0.2) is 27.8 Å². The Balaban J connectivity index is 1.55. The van der Waals surface area contributed by atoms with Crippen molar-refractivity contribution in [2.75, 3.05) is 45.9 Å². The summed E-state index contributed by atoms with van der Waals surface area (Å²) in [7, 11) is 2.00. The molecule has 2 aromatic rings. The predicted octanol–water partition coefficient (Wildman–Crippen LogP) is 1.67. The number of ether oxygens (including phenoxy) is 1. The van der Waals surface area contributed by atoms with Gasteiger partial charge in [-0.05, 0) is 44.9 Å². The zero-order chi connectivity index (χ0) is 21.3. The molecule has 8 nitrogen and oxygen atoms in total. The average Bonchev–Trinajstić information content (AvgIpc) is 3.33. The lowest BCUT2D eigenvalue weighted by Crippen LogP contribution is -2.44. The monoisotopic (exact) mass is 416 g/mol. The van der Waals surface area contributed by atoms with Crippen molar-refractivity contribution in [2.45, 2.75) is 39.7 Å². The van der Waals surface area contributed by atoms with Crippen molar-refractivity contribution in [2.24, 2.45) is 12.0 Å². The molecular formula is C22H36N6O2. The minimum absolute atomic E-state index is 0.241. The number of aryl methyl sites for hydroxylation is 2. The number of guanidine groups is 1. The molecule has 0 spiro atoms. The molecule has 0 bridgehead atoms. The van der Waals surface area contributed by atoms with Gasteiger partial charge in [-0.1, -0.05) is 0 Å². The smallest absolute Gasteiger partial charge is 0.191 e. The third-order valence-electron chi connectivity index (χ3n) is 5.59. The molecule has 0 radical (unpaired) electrons. The number of nitrogens with zero attached hydrogens (tertiary/aromatic N) is 4. The van der Waals surface area contributed by atoms with Gasteiger partial charge in [0, 0.05) is 51.4 Å². The number of hydrogen-bond donors (Lipinski definition) is 2. The van der Waals surface area contributed by atoms with Crippen molar-refractivity contribution >= 4 is 5.96 Å². The number of rotatable bonds is 9. The normalized spacial score (nSPS) is 16.6. The fraction of sp³-hybridized carbons (Fsp3) is 0.636. The van der Waals surface area contributed by atoms with Gasteiger partial charge in [-0.15, -0.1) is 0 Å². The summed E-state index contributed by atoms with van der Waals surface area (Å²) in [4.78, 5) is 7.23. The van der Waals surface area contributed by atoms with E-state index in [9.17, 15) is 0 Å². The molecule has 1 atom stereocenters. The highest BCUT2D eigenvalue weighted by molar-refractivity contribution is 5.80. The second kappa shape index (κ2) is 11.2. The van der Waals surface area contributed by atoms with E-state index >= 15 is 0 Å². The highest BCUT2D eigenvalue weighted by atomic mass is 16.5. The van der Waals surface area contributed by atoms with Crippen LogP contribution in [0.2, 0.25) is 0 Å². The van der Waals surface area contributed by atoms with E-state index < -0.39 is 0 Å². The van der Waals surface area contributed by atoms with Crippen molar-refractivity contribution in [3.63, 3.8) is 0 Å². The van der Waals surface area contributed by atoms with Crippen LogP contribution in [0.3, 0.4) is 0 Å². The van der Waals surface area contributed by atoms with Gasteiger partial charge >= 0.3 is 0 Å². The fourth-order valence-electron chi connectivity index (χ4n) is 3.74. The zero-order valence-electron chi connectivity index (χ0n) is 18.8. The van der Waals surface area contributed by atoms with Crippen molar-refractivity contribution in [1.29, 1.82) is 0 Å². The Kier molecular flexibility index (Phi) is 8.33. The van der Waals surface area contributed by atoms with Crippen molar-refractivity contribution < 1.29 is 9.15 Å². The highest BCUT2D eigenvalue weighted by Gasteiger charge is 2.15. The first kappa shape index (κ1) is 22.4. The van der Waals surface area contributed by atoms with E-state index in [-0.39, 0.29) is 6.04 Å². The molecule has 3 rings (SSSR count). The Labute approximate surface area is 179 Å². The average molecular weight is 417 g/mol. The summed E-state index contributed by atoms with van der Waals surface area (Å²) in [6.45, 7) is 12.5. The maximum atomic E-state index is 5.44. The number of nitrogens with one attached hydrogen (secondary N) is 2. The van der Waals surface area contributed by atoms with Gasteiger partial charge in [0.2, 0.25) is 0 Å². The van der Waals surface area contributed by atoms with Gasteiger partial charge in [0.25, 0.3) is 0 Å². The first-order valence-corrected chi connectivity index (χ1v) is 10.9. The maximum Gasteiger partial charge on any atom is 0.191 e. The lowest BCUT2D eigenvalue weighted by Gasteiger charge is -2.26. The number of morpholine rings is 1. The number of furan rings is 1. The molecule has 0 aromatic carbocycles. The van der Waals surface area contributed by atoms with Crippen LogP contribution in [-0.2, 0) is 24.6 Å². The third kappa shape index (κ3) is 6.60. The van der Waals surface area contributed by atoms with E-state index in [1.807, 2.05) is 23.9 Å². The lowest BCUT2D eigenvalue weighted by atomic mass is 10.1. The maximum absolute atomic E-state index is 5.44.